The topological polar surface area (TPSA) is 58.6 Å². The largest absolute Gasteiger partial charge is 0.507 e. The number of carbonyl (C=O) groups excluding carboxylic acids is 1. The third-order valence-electron chi connectivity index (χ3n) is 2.63. The Labute approximate surface area is 87.9 Å². The number of allylic oxidation sites excluding steroid dienone is 3. The SMILES string of the molecule is COC(=O)C1=C(O)C2=C(C=CCC2)NC1. The predicted octanol–water partition coefficient (Wildman–Crippen LogP) is 1.18. The molecular formula is C11H13NO3. The first-order chi connectivity index (χ1) is 7.24. The standard InChI is InChI=1S/C11H13NO3/c1-15-11(14)8-6-12-9-5-3-2-4-7(9)10(8)13/h3,5,12-13H,2,4,6H2,1H3. The molecule has 0 saturated carbocycles. The van der Waals surface area contributed by atoms with Crippen molar-refractivity contribution in [2.45, 2.75) is 12.8 Å². The van der Waals surface area contributed by atoms with E-state index in [0.29, 0.717) is 12.1 Å². The Bertz CT molecular complexity index is 391. The van der Waals surface area contributed by atoms with Crippen LogP contribution >= 0.6 is 0 Å². The van der Waals surface area contributed by atoms with Crippen molar-refractivity contribution in [2.75, 3.05) is 13.7 Å². The Morgan fingerprint density at radius 2 is 2.40 bits per heavy atom. The molecule has 0 fully saturated rings. The summed E-state index contributed by atoms with van der Waals surface area (Å²) in [5.74, 6) is -0.388. The van der Waals surface area contributed by atoms with E-state index in [-0.39, 0.29) is 5.76 Å². The lowest BCUT2D eigenvalue weighted by Gasteiger charge is -2.23. The van der Waals surface area contributed by atoms with Gasteiger partial charge in [0.25, 0.3) is 0 Å². The van der Waals surface area contributed by atoms with Crippen molar-refractivity contribution >= 4 is 5.97 Å². The second kappa shape index (κ2) is 3.81. The van der Waals surface area contributed by atoms with E-state index in [1.54, 1.807) is 0 Å². The molecule has 0 aromatic rings. The van der Waals surface area contributed by atoms with Gasteiger partial charge in [0.2, 0.25) is 0 Å². The summed E-state index contributed by atoms with van der Waals surface area (Å²) in [5.41, 5.74) is 2.03. The fraction of sp³-hybridized carbons (Fsp3) is 0.364. The number of dihydropyridines is 1. The van der Waals surface area contributed by atoms with Crippen LogP contribution < -0.4 is 5.32 Å². The van der Waals surface area contributed by atoms with Crippen LogP contribution in [0.1, 0.15) is 12.8 Å². The molecule has 1 heterocycles. The lowest BCUT2D eigenvalue weighted by molar-refractivity contribution is -0.136. The molecule has 80 valence electrons. The van der Waals surface area contributed by atoms with Crippen molar-refractivity contribution in [3.8, 4) is 0 Å². The van der Waals surface area contributed by atoms with Crippen molar-refractivity contribution in [3.63, 3.8) is 0 Å². The second-order valence-corrected chi connectivity index (χ2v) is 3.51. The molecule has 2 rings (SSSR count). The molecule has 0 aromatic heterocycles. The number of ether oxygens (including phenoxy) is 1. The number of nitrogens with one attached hydrogen (secondary N) is 1. The van der Waals surface area contributed by atoms with Gasteiger partial charge >= 0.3 is 5.97 Å². The third-order valence-corrected chi connectivity index (χ3v) is 2.63. The van der Waals surface area contributed by atoms with Crippen LogP contribution in [-0.2, 0) is 9.53 Å². The van der Waals surface area contributed by atoms with Gasteiger partial charge in [0.1, 0.15) is 5.76 Å². The minimum Gasteiger partial charge on any atom is -0.507 e. The highest BCUT2D eigenvalue weighted by molar-refractivity contribution is 5.90. The number of methoxy groups -OCH3 is 1. The van der Waals surface area contributed by atoms with E-state index in [1.165, 1.54) is 7.11 Å². The predicted molar refractivity (Wildman–Crippen MR) is 55.1 cm³/mol. The van der Waals surface area contributed by atoms with Gasteiger partial charge in [0, 0.05) is 11.3 Å². The van der Waals surface area contributed by atoms with E-state index in [1.807, 2.05) is 12.2 Å². The normalized spacial score (nSPS) is 19.8. The van der Waals surface area contributed by atoms with Gasteiger partial charge < -0.3 is 15.2 Å². The highest BCUT2D eigenvalue weighted by Crippen LogP contribution is 2.28. The molecule has 0 spiro atoms. The Morgan fingerprint density at radius 3 is 3.13 bits per heavy atom. The molecule has 2 aliphatic rings. The Morgan fingerprint density at radius 1 is 1.60 bits per heavy atom. The Hall–Kier alpha value is -1.71. The van der Waals surface area contributed by atoms with Crippen molar-refractivity contribution in [3.05, 3.63) is 34.8 Å². The van der Waals surface area contributed by atoms with Gasteiger partial charge in [-0.05, 0) is 18.9 Å². The van der Waals surface area contributed by atoms with Crippen molar-refractivity contribution in [1.82, 2.24) is 5.32 Å². The van der Waals surface area contributed by atoms with Gasteiger partial charge in [-0.15, -0.1) is 0 Å². The van der Waals surface area contributed by atoms with Crippen LogP contribution in [0, 0.1) is 0 Å². The molecule has 2 N–H and O–H groups in total. The lowest BCUT2D eigenvalue weighted by Crippen LogP contribution is -2.29. The van der Waals surface area contributed by atoms with Gasteiger partial charge in [-0.1, -0.05) is 6.08 Å². The average molecular weight is 207 g/mol. The first-order valence-corrected chi connectivity index (χ1v) is 4.88. The van der Waals surface area contributed by atoms with Crippen molar-refractivity contribution in [1.29, 1.82) is 0 Å². The first kappa shape index (κ1) is 9.83. The highest BCUT2D eigenvalue weighted by Gasteiger charge is 2.25. The van der Waals surface area contributed by atoms with Crippen LogP contribution in [0.25, 0.3) is 0 Å². The first-order valence-electron chi connectivity index (χ1n) is 4.88. The summed E-state index contributed by atoms with van der Waals surface area (Å²) in [7, 11) is 1.31. The number of hydrogen-bond acceptors (Lipinski definition) is 4. The quantitative estimate of drug-likeness (QED) is 0.634. The molecule has 0 bridgehead atoms. The van der Waals surface area contributed by atoms with Crippen LogP contribution in [0.15, 0.2) is 34.8 Å². The average Bonchev–Trinajstić information content (AvgIpc) is 2.29. The van der Waals surface area contributed by atoms with Crippen LogP contribution in [0.4, 0.5) is 0 Å². The maximum absolute atomic E-state index is 11.3. The van der Waals surface area contributed by atoms with E-state index in [2.05, 4.69) is 10.1 Å². The summed E-state index contributed by atoms with van der Waals surface area (Å²) in [5, 5.41) is 13.0. The molecule has 4 nitrogen and oxygen atoms in total. The third kappa shape index (κ3) is 1.63. The summed E-state index contributed by atoms with van der Waals surface area (Å²) in [4.78, 5) is 11.3. The molecular weight excluding hydrogens is 194 g/mol. The Kier molecular flexibility index (Phi) is 2.49. The number of hydrogen-bond donors (Lipinski definition) is 2. The van der Waals surface area contributed by atoms with Crippen LogP contribution in [0.5, 0.6) is 0 Å². The number of rotatable bonds is 1. The summed E-state index contributed by atoms with van der Waals surface area (Å²) in [6, 6.07) is 0. The van der Waals surface area contributed by atoms with E-state index in [9.17, 15) is 9.90 Å². The van der Waals surface area contributed by atoms with Crippen LogP contribution in [0.3, 0.4) is 0 Å². The molecule has 4 heteroatoms. The zero-order valence-electron chi connectivity index (χ0n) is 8.54. The number of aliphatic hydroxyl groups excluding tert-OH is 1. The van der Waals surface area contributed by atoms with Crippen LogP contribution in [0.2, 0.25) is 0 Å². The van der Waals surface area contributed by atoms with Crippen molar-refractivity contribution in [2.24, 2.45) is 0 Å². The van der Waals surface area contributed by atoms with E-state index in [4.69, 9.17) is 0 Å². The van der Waals surface area contributed by atoms with Crippen LogP contribution in [-0.4, -0.2) is 24.7 Å². The minimum atomic E-state index is -0.471. The monoisotopic (exact) mass is 207 g/mol. The van der Waals surface area contributed by atoms with Gasteiger partial charge in [-0.3, -0.25) is 0 Å². The fourth-order valence-electron chi connectivity index (χ4n) is 1.82. The minimum absolute atomic E-state index is 0.0833. The molecule has 0 atom stereocenters. The van der Waals surface area contributed by atoms with E-state index in [0.717, 1.165) is 24.1 Å². The van der Waals surface area contributed by atoms with E-state index >= 15 is 0 Å². The highest BCUT2D eigenvalue weighted by atomic mass is 16.5. The molecule has 0 amide bonds. The van der Waals surface area contributed by atoms with Gasteiger partial charge in [-0.2, -0.15) is 0 Å². The van der Waals surface area contributed by atoms with Crippen molar-refractivity contribution < 1.29 is 14.6 Å². The molecule has 1 aliphatic carbocycles. The summed E-state index contributed by atoms with van der Waals surface area (Å²) < 4.78 is 4.60. The summed E-state index contributed by atoms with van der Waals surface area (Å²) >= 11 is 0. The molecule has 0 aromatic carbocycles. The molecule has 0 saturated heterocycles. The lowest BCUT2D eigenvalue weighted by atomic mass is 9.94. The number of carbonyl (C=O) groups is 1. The molecule has 15 heavy (non-hydrogen) atoms. The molecule has 0 unspecified atom stereocenters. The van der Waals surface area contributed by atoms with Gasteiger partial charge in [0.05, 0.1) is 19.2 Å². The summed E-state index contributed by atoms with van der Waals surface area (Å²) in [6.07, 6.45) is 5.62. The molecule has 0 radical (unpaired) electrons. The maximum Gasteiger partial charge on any atom is 0.339 e. The zero-order valence-corrected chi connectivity index (χ0v) is 8.54. The van der Waals surface area contributed by atoms with E-state index < -0.39 is 5.97 Å². The smallest absolute Gasteiger partial charge is 0.339 e. The molecule has 1 aliphatic heterocycles. The Balaban J connectivity index is 2.38. The number of aliphatic hydroxyl groups is 1. The second-order valence-electron chi connectivity index (χ2n) is 3.51. The number of esters is 1. The fourth-order valence-corrected chi connectivity index (χ4v) is 1.82. The zero-order chi connectivity index (χ0) is 10.8. The van der Waals surface area contributed by atoms with Gasteiger partial charge in [-0.25, -0.2) is 4.79 Å². The summed E-state index contributed by atoms with van der Waals surface area (Å²) in [6.45, 7) is 0.321. The van der Waals surface area contributed by atoms with Gasteiger partial charge in [0.15, 0.2) is 0 Å². The maximum atomic E-state index is 11.3.